The lowest BCUT2D eigenvalue weighted by molar-refractivity contribution is 0.598. The van der Waals surface area contributed by atoms with E-state index in [4.69, 9.17) is 114 Å². The second-order valence-electron chi connectivity index (χ2n) is 13.6. The molecule has 0 saturated carbocycles. The Labute approximate surface area is 639 Å². The monoisotopic (exact) mass is 1800 g/mol. The molecule has 540 valence electrons. The van der Waals surface area contributed by atoms with E-state index in [1.807, 2.05) is 33.8 Å². The van der Waals surface area contributed by atoms with Crippen LogP contribution < -0.4 is 101 Å². The standard InChI is InChI=1S/C7H13N7O2S2.C5H7ClN4S.C5H7N7S.C5H9N5S.C3H8N2O2S3.C3H7NS2.C2H6N4S.C2H7N3O2S2.C2H5NS2.CS2.ClH.HI/c8-5(3-18(11,15)16)12-1-4-2-17-7(13-4)14-6(9)10;6-1-3-2-11-5(9-3)10-4(7)8;6-4(7)11-5-10-3(2-13-5)1-9-12-8;6-1-3-2-11-5(9-3)10-4(7)8;1-8-3(9-2)5-10(4,6)7;1-5-3(4)6-2;3-1(4)6-2(5)7;1-8-2(3)5-9(4,6)7;1-5-2(3)4;2-1-3;;/h2H,1,3H2,(H2,8,12)(H2,11,15,16)(H4,9,10,13,14);2H,1H2,(H4,7,8,9,10);2H,1H2,(H4,6,7,10,11);2H,1,6H2,(H4,7,8,9,10);1-2H3,(H2,4,6,7);4H,1-2H3;(H6,3,4,5,6,7);1H3,(H2,3,5)(H2,4,6,7);1H3,(H2,3,4);;2*1H. The molecule has 0 fully saturated rings. The predicted octanol–water partition coefficient (Wildman–Crippen LogP) is 1.29. The number of aliphatic imine (C=N–C) groups is 6. The number of guanidine groups is 5. The lowest BCUT2D eigenvalue weighted by atomic mass is 10.5. The highest BCUT2D eigenvalue weighted by atomic mass is 127. The molecule has 95 heavy (non-hydrogen) atoms. The Morgan fingerprint density at radius 3 is 1.13 bits per heavy atom. The third-order valence-electron chi connectivity index (χ3n) is 6.28. The van der Waals surface area contributed by atoms with Crippen molar-refractivity contribution in [2.24, 2.45) is 145 Å². The number of amidine groups is 2. The number of thiocarbonyl (C=S) groups is 4. The molecule has 0 bridgehead atoms. The van der Waals surface area contributed by atoms with Gasteiger partial charge in [-0.1, -0.05) is 29.1 Å². The van der Waals surface area contributed by atoms with Crippen LogP contribution >= 0.6 is 213 Å². The van der Waals surface area contributed by atoms with Crippen molar-refractivity contribution in [3.63, 3.8) is 0 Å². The highest BCUT2D eigenvalue weighted by molar-refractivity contribution is 14.0. The number of halogens is 3. The van der Waals surface area contributed by atoms with Crippen LogP contribution in [0.25, 0.3) is 10.4 Å². The number of azide groups is 1. The van der Waals surface area contributed by atoms with Gasteiger partial charge in [-0.2, -0.15) is 41.8 Å². The van der Waals surface area contributed by atoms with Crippen LogP contribution in [0.1, 0.15) is 22.8 Å². The first-order chi connectivity index (χ1) is 43.0. The number of rotatable bonds is 14. The minimum Gasteiger partial charge on any atom is -0.387 e. The number of thiazole rings is 4. The Morgan fingerprint density at radius 1 is 0.589 bits per heavy atom. The SMILES string of the molecule is CSC(=N)SC.CSC(=NS(N)(=O)=O)SC.CSC(N)=NS(N)(=O)=O.CSC(N)=S.Cl.I.NC(=S)N=C(N)N.NC(N)=Nc1nc(CCl)cs1.NC(N)=Nc1nc(CN=C(N)CS(N)(=O)=O)cs1.NCc1csc(N=C(N)N)n1.S=C=S.[N-]=[N+]=NCc1csc(N=C(N)N)n1. The molecule has 37 N–H and O–H groups in total. The number of nitrogens with two attached hydrogens (primary N) is 18. The quantitative estimate of drug-likeness (QED) is 0.0124. The van der Waals surface area contributed by atoms with Gasteiger partial charge in [0.15, 0.2) is 40.1 Å². The first-order valence-corrected chi connectivity index (χ1v) is 40.0. The van der Waals surface area contributed by atoms with Crippen LogP contribution in [0.3, 0.4) is 0 Å². The molecule has 4 aromatic rings. The van der Waals surface area contributed by atoms with Crippen molar-refractivity contribution >= 4 is 327 Å². The van der Waals surface area contributed by atoms with Gasteiger partial charge in [0, 0.05) is 37.3 Å². The molecule has 4 rings (SSSR count). The highest BCUT2D eigenvalue weighted by Crippen LogP contribution is 2.21. The second-order valence-corrected chi connectivity index (χ2v) is 28.4. The van der Waals surface area contributed by atoms with Crippen LogP contribution in [0.4, 0.5) is 20.5 Å². The van der Waals surface area contributed by atoms with Crippen LogP contribution in [0, 0.1) is 5.41 Å². The van der Waals surface area contributed by atoms with Crippen molar-refractivity contribution in [2.45, 2.75) is 25.5 Å². The molecule has 0 saturated heterocycles. The molecule has 60 heteroatoms. The van der Waals surface area contributed by atoms with Gasteiger partial charge in [-0.05, 0) is 79.7 Å². The zero-order valence-electron chi connectivity index (χ0n) is 50.0. The van der Waals surface area contributed by atoms with E-state index in [0.717, 1.165) is 23.1 Å². The Kier molecular flexibility index (Phi) is 72.1. The zero-order valence-corrected chi connectivity index (χ0v) is 67.8. The summed E-state index contributed by atoms with van der Waals surface area (Å²) < 4.78 is 72.0. The van der Waals surface area contributed by atoms with Crippen LogP contribution in [0.2, 0.25) is 0 Å². The lowest BCUT2D eigenvalue weighted by Crippen LogP contribution is -2.28. The minimum atomic E-state index is -3.79. The van der Waals surface area contributed by atoms with Gasteiger partial charge in [-0.15, -0.1) is 161 Å². The van der Waals surface area contributed by atoms with Crippen molar-refractivity contribution in [3.8, 4) is 0 Å². The maximum atomic E-state index is 10.7. The number of thioether (sulfide) groups is 6. The van der Waals surface area contributed by atoms with Crippen LogP contribution in [0.15, 0.2) is 65.4 Å². The summed E-state index contributed by atoms with van der Waals surface area (Å²) >= 11 is 35.3. The summed E-state index contributed by atoms with van der Waals surface area (Å²) in [5, 5.41) is 33.1. The molecule has 0 amide bonds. The fourth-order valence-corrected chi connectivity index (χ4v) is 10.6. The molecule has 4 heterocycles. The Hall–Kier alpha value is -4.44. The molecule has 40 nitrogen and oxygen atoms in total. The van der Waals surface area contributed by atoms with Gasteiger partial charge < -0.3 is 86.0 Å². The number of hydrogen-bond donors (Lipinski definition) is 19. The summed E-state index contributed by atoms with van der Waals surface area (Å²) in [5.74, 6) is -0.378. The summed E-state index contributed by atoms with van der Waals surface area (Å²) in [6, 6.07) is 0. The molecule has 0 aromatic carbocycles. The number of nitrogens with zero attached hydrogens (tertiary/aromatic N) is 15. The van der Waals surface area contributed by atoms with E-state index in [2.05, 4.69) is 128 Å². The number of hydrogen-bond acceptors (Lipinski definition) is 32. The van der Waals surface area contributed by atoms with Gasteiger partial charge in [0.1, 0.15) is 24.7 Å². The number of primary sulfonamides is 1. The first kappa shape index (κ1) is 107. The number of nitrogens with one attached hydrogen (secondary N) is 1. The number of aromatic nitrogens is 4. The highest BCUT2D eigenvalue weighted by Gasteiger charge is 2.07. The summed E-state index contributed by atoms with van der Waals surface area (Å²) in [7, 11) is -11.2. The fourth-order valence-electron chi connectivity index (χ4n) is 3.31. The molecule has 4 aromatic heterocycles. The summed E-state index contributed by atoms with van der Waals surface area (Å²) in [6.45, 7) is 0.765. The fraction of sp³-hybridized carbons (Fsp3) is 0.314. The van der Waals surface area contributed by atoms with E-state index in [0.29, 0.717) is 57.4 Å². The Balaban J connectivity index is -0.000000151. The maximum Gasteiger partial charge on any atom is 0.319 e. The zero-order chi connectivity index (χ0) is 73.5. The van der Waals surface area contributed by atoms with Crippen LogP contribution in [-0.4, -0.2) is 152 Å². The molecular formula is C35H71Cl2IN34O6S17. The maximum absolute atomic E-state index is 10.7. The summed E-state index contributed by atoms with van der Waals surface area (Å²) in [5.41, 5.74) is 87.4. The predicted molar refractivity (Wildman–Crippen MR) is 440 cm³/mol. The van der Waals surface area contributed by atoms with E-state index < -0.39 is 36.2 Å². The van der Waals surface area contributed by atoms with Gasteiger partial charge in [-0.25, -0.2) is 43.8 Å². The number of sulfonamides is 1. The molecule has 0 unspecified atom stereocenters. The van der Waals surface area contributed by atoms with Crippen molar-refractivity contribution in [3.05, 3.63) is 54.7 Å². The summed E-state index contributed by atoms with van der Waals surface area (Å²) in [4.78, 5) is 40.8. The second kappa shape index (κ2) is 64.2. The smallest absolute Gasteiger partial charge is 0.319 e. The van der Waals surface area contributed by atoms with Crippen molar-refractivity contribution in [2.75, 3.05) is 43.3 Å². The summed E-state index contributed by atoms with van der Waals surface area (Å²) in [6.07, 6.45) is 10.7. The normalized spacial score (nSPS) is 9.80. The van der Waals surface area contributed by atoms with Crippen molar-refractivity contribution < 1.29 is 25.3 Å². The van der Waals surface area contributed by atoms with Gasteiger partial charge in [0.2, 0.25) is 30.5 Å². The van der Waals surface area contributed by atoms with E-state index in [-0.39, 0.29) is 95.4 Å². The third-order valence-corrected chi connectivity index (χ3v) is 16.7. The van der Waals surface area contributed by atoms with Gasteiger partial charge >= 0.3 is 20.4 Å². The minimum absolute atomic E-state index is 0. The molecule has 0 radical (unpaired) electrons. The third kappa shape index (κ3) is 81.9. The molecular weight excluding hydrogens is 1740 g/mol. The van der Waals surface area contributed by atoms with E-state index >= 15 is 0 Å². The molecule has 0 aliphatic carbocycles. The van der Waals surface area contributed by atoms with Crippen molar-refractivity contribution in [1.82, 2.24) is 19.9 Å². The van der Waals surface area contributed by atoms with Crippen LogP contribution in [0.5, 0.6) is 0 Å². The molecule has 0 aliphatic heterocycles. The topological polar surface area (TPSA) is 794 Å². The molecule has 0 atom stereocenters. The first-order valence-electron chi connectivity index (χ1n) is 22.2. The van der Waals surface area contributed by atoms with E-state index in [1.54, 1.807) is 29.5 Å². The van der Waals surface area contributed by atoms with E-state index in [9.17, 15) is 25.3 Å². The van der Waals surface area contributed by atoms with Gasteiger partial charge in [-0.3, -0.25) is 10.4 Å². The largest absolute Gasteiger partial charge is 0.387 e. The molecule has 0 aliphatic rings. The molecule has 0 spiro atoms. The Morgan fingerprint density at radius 2 is 0.926 bits per heavy atom. The van der Waals surface area contributed by atoms with Crippen molar-refractivity contribution in [1.29, 1.82) is 5.41 Å². The van der Waals surface area contributed by atoms with Gasteiger partial charge in [0.05, 0.1) is 41.7 Å². The Bertz CT molecular complexity index is 3460. The average molecular weight is 1810 g/mol. The lowest BCUT2D eigenvalue weighted by Gasteiger charge is -1.97. The van der Waals surface area contributed by atoms with E-state index in [1.165, 1.54) is 104 Å². The average Bonchev–Trinajstić information content (AvgIpc) is 3.16. The van der Waals surface area contributed by atoms with Crippen LogP contribution in [-0.2, 0) is 56.0 Å². The number of alkyl halides is 1. The van der Waals surface area contributed by atoms with Gasteiger partial charge in [0.25, 0.3) is 0 Å².